The minimum atomic E-state index is -0.312. The number of phenolic OH excluding ortho intramolecular Hbond substituents is 1. The van der Waals surface area contributed by atoms with Crippen molar-refractivity contribution in [2.45, 2.75) is 52.4 Å². The Morgan fingerprint density at radius 3 is 2.06 bits per heavy atom. The molecule has 5 nitrogen and oxygen atoms in total. The van der Waals surface area contributed by atoms with Crippen LogP contribution in [0.25, 0.3) is 22.2 Å². The Hall–Kier alpha value is -3.99. The van der Waals surface area contributed by atoms with Gasteiger partial charge in [0.1, 0.15) is 5.75 Å². The predicted molar refractivity (Wildman–Crippen MR) is 148 cm³/mol. The van der Waals surface area contributed by atoms with Crippen LogP contribution in [0.5, 0.6) is 5.75 Å². The Morgan fingerprint density at radius 1 is 0.861 bits per heavy atom. The van der Waals surface area contributed by atoms with Crippen LogP contribution < -0.4 is 5.43 Å². The molecule has 4 aromatic rings. The van der Waals surface area contributed by atoms with Gasteiger partial charge in [0.25, 0.3) is 5.91 Å². The van der Waals surface area contributed by atoms with Crippen molar-refractivity contribution in [2.75, 3.05) is 0 Å². The van der Waals surface area contributed by atoms with Crippen molar-refractivity contribution in [3.05, 3.63) is 95.1 Å². The summed E-state index contributed by atoms with van der Waals surface area (Å²) >= 11 is 0. The largest absolute Gasteiger partial charge is 0.507 e. The zero-order valence-corrected chi connectivity index (χ0v) is 21.8. The fourth-order valence-electron chi connectivity index (χ4n) is 4.22. The van der Waals surface area contributed by atoms with Crippen LogP contribution in [-0.2, 0) is 10.8 Å². The molecule has 184 valence electrons. The van der Waals surface area contributed by atoms with Crippen molar-refractivity contribution < 1.29 is 9.90 Å². The van der Waals surface area contributed by atoms with E-state index < -0.39 is 0 Å². The van der Waals surface area contributed by atoms with Gasteiger partial charge in [-0.05, 0) is 40.7 Å². The number of nitrogens with zero attached hydrogens (tertiary/aromatic N) is 2. The molecular formula is C31H33N3O2. The quantitative estimate of drug-likeness (QED) is 0.245. The molecule has 0 atom stereocenters. The number of nitrogens with one attached hydrogen (secondary N) is 1. The van der Waals surface area contributed by atoms with E-state index in [0.29, 0.717) is 11.3 Å². The lowest BCUT2D eigenvalue weighted by molar-refractivity contribution is 0.0956. The van der Waals surface area contributed by atoms with Crippen molar-refractivity contribution in [3.8, 4) is 17.0 Å². The first-order chi connectivity index (χ1) is 16.9. The summed E-state index contributed by atoms with van der Waals surface area (Å²) in [5.41, 5.74) is 7.61. The van der Waals surface area contributed by atoms with Gasteiger partial charge in [-0.25, -0.2) is 10.4 Å². The third-order valence-electron chi connectivity index (χ3n) is 6.16. The maximum absolute atomic E-state index is 13.2. The molecule has 0 bridgehead atoms. The summed E-state index contributed by atoms with van der Waals surface area (Å²) in [6, 6.07) is 23.1. The van der Waals surface area contributed by atoms with Gasteiger partial charge in [0.15, 0.2) is 0 Å². The average molecular weight is 480 g/mol. The Morgan fingerprint density at radius 2 is 1.44 bits per heavy atom. The van der Waals surface area contributed by atoms with E-state index in [4.69, 9.17) is 4.98 Å². The highest BCUT2D eigenvalue weighted by Crippen LogP contribution is 2.39. The molecule has 4 rings (SSSR count). The van der Waals surface area contributed by atoms with E-state index in [9.17, 15) is 9.90 Å². The van der Waals surface area contributed by atoms with Gasteiger partial charge >= 0.3 is 0 Å². The van der Waals surface area contributed by atoms with E-state index >= 15 is 0 Å². The minimum absolute atomic E-state index is 0.249. The van der Waals surface area contributed by atoms with Gasteiger partial charge in [-0.1, -0.05) is 90.1 Å². The van der Waals surface area contributed by atoms with Gasteiger partial charge in [-0.3, -0.25) is 4.79 Å². The maximum atomic E-state index is 13.2. The zero-order valence-electron chi connectivity index (χ0n) is 21.8. The normalized spacial score (nSPS) is 12.3. The topological polar surface area (TPSA) is 74.6 Å². The number of carbonyl (C=O) groups is 1. The van der Waals surface area contributed by atoms with E-state index in [1.54, 1.807) is 12.3 Å². The number of pyridine rings is 1. The summed E-state index contributed by atoms with van der Waals surface area (Å²) in [6.07, 6.45) is 1.63. The fourth-order valence-corrected chi connectivity index (χ4v) is 4.22. The van der Waals surface area contributed by atoms with Gasteiger partial charge in [-0.2, -0.15) is 5.10 Å². The van der Waals surface area contributed by atoms with Crippen molar-refractivity contribution in [1.82, 2.24) is 10.4 Å². The number of aromatic nitrogens is 1. The molecule has 3 aromatic carbocycles. The molecule has 0 aliphatic carbocycles. The van der Waals surface area contributed by atoms with Gasteiger partial charge in [0.2, 0.25) is 0 Å². The Kier molecular flexibility index (Phi) is 6.68. The average Bonchev–Trinajstić information content (AvgIpc) is 2.83. The van der Waals surface area contributed by atoms with Crippen LogP contribution in [0.1, 0.15) is 68.6 Å². The minimum Gasteiger partial charge on any atom is -0.507 e. The van der Waals surface area contributed by atoms with Crippen LogP contribution in [-0.4, -0.2) is 22.2 Å². The highest BCUT2D eigenvalue weighted by Gasteiger charge is 2.26. The van der Waals surface area contributed by atoms with Crippen LogP contribution in [0.3, 0.4) is 0 Å². The number of hydrazone groups is 1. The molecule has 0 radical (unpaired) electrons. The van der Waals surface area contributed by atoms with Crippen LogP contribution in [0.2, 0.25) is 0 Å². The van der Waals surface area contributed by atoms with E-state index in [-0.39, 0.29) is 16.7 Å². The van der Waals surface area contributed by atoms with Crippen LogP contribution in [0.4, 0.5) is 0 Å². The number of hydrogen-bond acceptors (Lipinski definition) is 4. The molecular weight excluding hydrogens is 446 g/mol. The second-order valence-electron chi connectivity index (χ2n) is 11.1. The molecule has 0 unspecified atom stereocenters. The molecule has 0 saturated heterocycles. The van der Waals surface area contributed by atoms with Gasteiger partial charge in [0.05, 0.1) is 23.0 Å². The first-order valence-electron chi connectivity index (χ1n) is 12.1. The van der Waals surface area contributed by atoms with Crippen molar-refractivity contribution in [1.29, 1.82) is 0 Å². The molecule has 36 heavy (non-hydrogen) atoms. The van der Waals surface area contributed by atoms with Crippen LogP contribution in [0.15, 0.2) is 77.9 Å². The molecule has 0 spiro atoms. The first kappa shape index (κ1) is 25.1. The Labute approximate surface area is 212 Å². The van der Waals surface area contributed by atoms with E-state index in [1.807, 2.05) is 66.7 Å². The number of aromatic hydroxyl groups is 1. The molecule has 1 amide bonds. The van der Waals surface area contributed by atoms with E-state index in [2.05, 4.69) is 52.1 Å². The second kappa shape index (κ2) is 9.57. The van der Waals surface area contributed by atoms with Crippen molar-refractivity contribution >= 4 is 23.0 Å². The molecule has 5 heteroatoms. The Bertz CT molecular complexity index is 1410. The summed E-state index contributed by atoms with van der Waals surface area (Å²) in [4.78, 5) is 18.0. The van der Waals surface area contributed by atoms with Gasteiger partial charge in [-0.15, -0.1) is 0 Å². The summed E-state index contributed by atoms with van der Waals surface area (Å²) < 4.78 is 0. The fraction of sp³-hybridized carbons (Fsp3) is 0.258. The predicted octanol–water partition coefficient (Wildman–Crippen LogP) is 6.97. The van der Waals surface area contributed by atoms with Gasteiger partial charge in [0, 0.05) is 22.1 Å². The van der Waals surface area contributed by atoms with Crippen LogP contribution >= 0.6 is 0 Å². The number of carbonyl (C=O) groups excluding carboxylic acids is 1. The van der Waals surface area contributed by atoms with E-state index in [1.165, 1.54) is 0 Å². The molecule has 0 aliphatic rings. The summed E-state index contributed by atoms with van der Waals surface area (Å²) in [7, 11) is 0. The Balaban J connectivity index is 1.68. The number of hydrogen-bond donors (Lipinski definition) is 2. The molecule has 0 saturated carbocycles. The number of benzene rings is 3. The number of amides is 1. The van der Waals surface area contributed by atoms with Gasteiger partial charge < -0.3 is 5.11 Å². The summed E-state index contributed by atoms with van der Waals surface area (Å²) in [5.74, 6) is 0.000724. The highest BCUT2D eigenvalue weighted by molar-refractivity contribution is 6.07. The molecule has 1 aromatic heterocycles. The first-order valence-corrected chi connectivity index (χ1v) is 12.1. The molecule has 0 fully saturated rings. The summed E-state index contributed by atoms with van der Waals surface area (Å²) in [5, 5.41) is 16.0. The highest BCUT2D eigenvalue weighted by atomic mass is 16.3. The zero-order chi connectivity index (χ0) is 26.1. The van der Waals surface area contributed by atoms with E-state index in [0.717, 1.165) is 38.9 Å². The lowest BCUT2D eigenvalue weighted by Gasteiger charge is -2.27. The second-order valence-corrected chi connectivity index (χ2v) is 11.1. The monoisotopic (exact) mass is 479 g/mol. The third kappa shape index (κ3) is 5.30. The number of fused-ring (bicyclic) bond motifs is 1. The SMILES string of the molecule is CC(C)(C)c1cc(C=NNC(=O)c2cc(-c3ccccc3)nc3ccccc23)cc(C(C)(C)C)c1O. The summed E-state index contributed by atoms with van der Waals surface area (Å²) in [6.45, 7) is 12.4. The lowest BCUT2D eigenvalue weighted by Crippen LogP contribution is -2.19. The number of phenols is 1. The standard InChI is InChI=1S/C31H33N3O2/c1-30(2,3)24-16-20(17-25(28(24)35)31(4,5)6)19-32-34-29(36)23-18-27(21-12-8-7-9-13-21)33-26-15-11-10-14-22(23)26/h7-19,35H,1-6H3,(H,34,36). The maximum Gasteiger partial charge on any atom is 0.272 e. The van der Waals surface area contributed by atoms with Crippen molar-refractivity contribution in [2.24, 2.45) is 5.10 Å². The smallest absolute Gasteiger partial charge is 0.272 e. The van der Waals surface area contributed by atoms with Crippen LogP contribution in [0, 0.1) is 0 Å². The molecule has 0 aliphatic heterocycles. The molecule has 2 N–H and O–H groups in total. The van der Waals surface area contributed by atoms with Crippen molar-refractivity contribution in [3.63, 3.8) is 0 Å². The lowest BCUT2D eigenvalue weighted by atomic mass is 9.78. The number of para-hydroxylation sites is 1. The molecule has 1 heterocycles. The number of rotatable bonds is 4. The third-order valence-corrected chi connectivity index (χ3v) is 6.16.